The summed E-state index contributed by atoms with van der Waals surface area (Å²) in [5.41, 5.74) is 3.47. The second-order valence-electron chi connectivity index (χ2n) is 6.70. The first-order chi connectivity index (χ1) is 13.7. The Balaban J connectivity index is 1.75. The van der Waals surface area contributed by atoms with Crippen LogP contribution in [0.15, 0.2) is 76.1 Å². The van der Waals surface area contributed by atoms with Gasteiger partial charge in [-0.15, -0.1) is 0 Å². The molecule has 5 rings (SSSR count). The quantitative estimate of drug-likeness (QED) is 0.534. The van der Waals surface area contributed by atoms with Gasteiger partial charge in [-0.3, -0.25) is 0 Å². The first kappa shape index (κ1) is 16.4. The van der Waals surface area contributed by atoms with Crippen molar-refractivity contribution in [2.75, 3.05) is 6.79 Å². The van der Waals surface area contributed by atoms with Gasteiger partial charge in [0.05, 0.1) is 11.0 Å². The molecule has 0 unspecified atom stereocenters. The molecule has 5 heteroatoms. The third kappa shape index (κ3) is 2.97. The second-order valence-corrected chi connectivity index (χ2v) is 6.70. The summed E-state index contributed by atoms with van der Waals surface area (Å²) in [6.45, 7) is 2.25. The van der Waals surface area contributed by atoms with Crippen molar-refractivity contribution in [3.8, 4) is 28.6 Å². The van der Waals surface area contributed by atoms with Gasteiger partial charge in [-0.05, 0) is 61.0 Å². The van der Waals surface area contributed by atoms with E-state index < -0.39 is 0 Å². The highest BCUT2D eigenvalue weighted by atomic mass is 16.7. The third-order valence-electron chi connectivity index (χ3n) is 4.64. The summed E-state index contributed by atoms with van der Waals surface area (Å²) in [5.74, 6) is 2.23. The smallest absolute Gasteiger partial charge is 0.231 e. The minimum absolute atomic E-state index is 0.166. The van der Waals surface area contributed by atoms with Crippen LogP contribution in [0.2, 0.25) is 0 Å². The summed E-state index contributed by atoms with van der Waals surface area (Å²) in [4.78, 5) is 4.80. The van der Waals surface area contributed by atoms with E-state index in [0.717, 1.165) is 33.3 Å². The molecule has 28 heavy (non-hydrogen) atoms. The highest BCUT2D eigenvalue weighted by Crippen LogP contribution is 2.36. The number of phenols is 1. The number of aromatic hydroxyl groups is 1. The lowest BCUT2D eigenvalue weighted by Gasteiger charge is -2.07. The summed E-state index contributed by atoms with van der Waals surface area (Å²) < 4.78 is 17.0. The van der Waals surface area contributed by atoms with E-state index in [1.54, 1.807) is 18.2 Å². The Hall–Kier alpha value is -3.73. The van der Waals surface area contributed by atoms with Gasteiger partial charge in [-0.25, -0.2) is 4.99 Å². The molecule has 1 aromatic heterocycles. The van der Waals surface area contributed by atoms with Crippen molar-refractivity contribution in [2.45, 2.75) is 6.92 Å². The molecule has 0 saturated heterocycles. The zero-order valence-corrected chi connectivity index (χ0v) is 15.2. The van der Waals surface area contributed by atoms with Crippen LogP contribution in [0.5, 0.6) is 17.2 Å². The van der Waals surface area contributed by atoms with Gasteiger partial charge in [-0.1, -0.05) is 12.1 Å². The maximum Gasteiger partial charge on any atom is 0.231 e. The van der Waals surface area contributed by atoms with Crippen LogP contribution < -0.4 is 14.8 Å². The minimum atomic E-state index is 0.166. The Kier molecular flexibility index (Phi) is 3.79. The number of phenolic OH excluding ortho intramolecular Hbond substituents is 1. The van der Waals surface area contributed by atoms with E-state index in [1.807, 2.05) is 55.5 Å². The van der Waals surface area contributed by atoms with Crippen molar-refractivity contribution in [3.05, 3.63) is 77.7 Å². The molecule has 0 radical (unpaired) electrons. The summed E-state index contributed by atoms with van der Waals surface area (Å²) in [7, 11) is 0. The average molecular weight is 371 g/mol. The van der Waals surface area contributed by atoms with E-state index in [-0.39, 0.29) is 12.5 Å². The number of hydrogen-bond donors (Lipinski definition) is 1. The van der Waals surface area contributed by atoms with Crippen molar-refractivity contribution in [3.63, 3.8) is 0 Å². The lowest BCUT2D eigenvalue weighted by molar-refractivity contribution is 0.174. The molecule has 0 saturated carbocycles. The molecule has 0 spiro atoms. The zero-order valence-electron chi connectivity index (χ0n) is 15.2. The fourth-order valence-corrected chi connectivity index (χ4v) is 3.28. The van der Waals surface area contributed by atoms with Gasteiger partial charge >= 0.3 is 0 Å². The van der Waals surface area contributed by atoms with Crippen LogP contribution in [-0.2, 0) is 0 Å². The minimum Gasteiger partial charge on any atom is -0.508 e. The number of hydrogen-bond acceptors (Lipinski definition) is 5. The van der Waals surface area contributed by atoms with Gasteiger partial charge in [0.2, 0.25) is 6.79 Å². The molecular formula is C23H17NO4. The predicted molar refractivity (Wildman–Crippen MR) is 106 cm³/mol. The SMILES string of the molecule is Cc1cccc(N=c2cc(-c3ccc4c(c3)OCO4)oc3ccc(O)cc23)c1. The second kappa shape index (κ2) is 6.46. The largest absolute Gasteiger partial charge is 0.508 e. The van der Waals surface area contributed by atoms with E-state index in [2.05, 4.69) is 0 Å². The van der Waals surface area contributed by atoms with Crippen molar-refractivity contribution < 1.29 is 19.0 Å². The van der Waals surface area contributed by atoms with Crippen LogP contribution in [0.1, 0.15) is 5.56 Å². The van der Waals surface area contributed by atoms with Gasteiger partial charge in [0.25, 0.3) is 0 Å². The summed E-state index contributed by atoms with van der Waals surface area (Å²) in [6.07, 6.45) is 0. The molecule has 1 aliphatic heterocycles. The molecule has 4 aromatic rings. The molecule has 0 aliphatic carbocycles. The highest BCUT2D eigenvalue weighted by molar-refractivity contribution is 5.80. The number of fused-ring (bicyclic) bond motifs is 2. The van der Waals surface area contributed by atoms with Crippen LogP contribution in [-0.4, -0.2) is 11.9 Å². The van der Waals surface area contributed by atoms with Crippen LogP contribution >= 0.6 is 0 Å². The first-order valence-electron chi connectivity index (χ1n) is 8.94. The molecule has 0 atom stereocenters. The van der Waals surface area contributed by atoms with E-state index in [1.165, 1.54) is 0 Å². The van der Waals surface area contributed by atoms with Crippen LogP contribution in [0, 0.1) is 6.92 Å². The zero-order chi connectivity index (χ0) is 19.1. The Morgan fingerprint density at radius 3 is 2.68 bits per heavy atom. The Bertz CT molecular complexity index is 1270. The summed E-state index contributed by atoms with van der Waals surface area (Å²) >= 11 is 0. The molecule has 0 bridgehead atoms. The first-order valence-corrected chi connectivity index (χ1v) is 8.94. The predicted octanol–water partition coefficient (Wildman–Crippen LogP) is 5.07. The number of ether oxygens (including phenoxy) is 2. The molecular weight excluding hydrogens is 354 g/mol. The number of rotatable bonds is 2. The van der Waals surface area contributed by atoms with Gasteiger partial charge in [-0.2, -0.15) is 0 Å². The highest BCUT2D eigenvalue weighted by Gasteiger charge is 2.15. The van der Waals surface area contributed by atoms with Crippen LogP contribution in [0.25, 0.3) is 22.3 Å². The maximum absolute atomic E-state index is 9.94. The molecule has 0 fully saturated rings. The van der Waals surface area contributed by atoms with E-state index >= 15 is 0 Å². The Morgan fingerprint density at radius 2 is 1.79 bits per heavy atom. The summed E-state index contributed by atoms with van der Waals surface area (Å²) in [5, 5.41) is 11.4. The average Bonchev–Trinajstić information content (AvgIpc) is 3.16. The fraction of sp³-hybridized carbons (Fsp3) is 0.0870. The normalized spacial score (nSPS) is 13.2. The van der Waals surface area contributed by atoms with Crippen LogP contribution in [0.3, 0.4) is 0 Å². The fourth-order valence-electron chi connectivity index (χ4n) is 3.28. The van der Waals surface area contributed by atoms with Crippen molar-refractivity contribution in [2.24, 2.45) is 4.99 Å². The Morgan fingerprint density at radius 1 is 0.893 bits per heavy atom. The number of aryl methyl sites for hydroxylation is 1. The molecule has 3 aromatic carbocycles. The maximum atomic E-state index is 9.94. The topological polar surface area (TPSA) is 64.2 Å². The van der Waals surface area contributed by atoms with Crippen LogP contribution in [0.4, 0.5) is 5.69 Å². The third-order valence-corrected chi connectivity index (χ3v) is 4.64. The number of benzene rings is 3. The molecule has 0 amide bonds. The number of nitrogens with zero attached hydrogens (tertiary/aromatic N) is 1. The standard InChI is InChI=1S/C23H17NO4/c1-14-3-2-4-16(9-14)24-19-12-22(28-20-8-6-17(25)11-18(19)20)15-5-7-21-23(10-15)27-13-26-21/h2-12,25H,13H2,1H3. The van der Waals surface area contributed by atoms with Gasteiger partial charge in [0.15, 0.2) is 11.5 Å². The molecule has 1 aliphatic rings. The molecule has 5 nitrogen and oxygen atoms in total. The monoisotopic (exact) mass is 371 g/mol. The molecule has 2 heterocycles. The van der Waals surface area contributed by atoms with Gasteiger partial charge in [0, 0.05) is 17.0 Å². The lowest BCUT2D eigenvalue weighted by atomic mass is 10.1. The van der Waals surface area contributed by atoms with E-state index in [0.29, 0.717) is 17.1 Å². The van der Waals surface area contributed by atoms with Gasteiger partial charge in [0.1, 0.15) is 17.1 Å². The van der Waals surface area contributed by atoms with Crippen molar-refractivity contribution >= 4 is 16.7 Å². The lowest BCUT2D eigenvalue weighted by Crippen LogP contribution is -2.03. The van der Waals surface area contributed by atoms with Crippen molar-refractivity contribution in [1.29, 1.82) is 0 Å². The Labute approximate surface area is 161 Å². The van der Waals surface area contributed by atoms with E-state index in [9.17, 15) is 5.11 Å². The van der Waals surface area contributed by atoms with Gasteiger partial charge < -0.3 is 19.0 Å². The molecule has 138 valence electrons. The summed E-state index contributed by atoms with van der Waals surface area (Å²) in [6, 6.07) is 20.5. The van der Waals surface area contributed by atoms with E-state index in [4.69, 9.17) is 18.9 Å². The van der Waals surface area contributed by atoms with Crippen molar-refractivity contribution in [1.82, 2.24) is 0 Å². The molecule has 1 N–H and O–H groups in total.